The van der Waals surface area contributed by atoms with Crippen LogP contribution in [0.3, 0.4) is 0 Å². The molecule has 0 atom stereocenters. The van der Waals surface area contributed by atoms with E-state index in [4.69, 9.17) is 11.6 Å². The van der Waals surface area contributed by atoms with Gasteiger partial charge in [-0.05, 0) is 17.7 Å². The average molecular weight is 300 g/mol. The molecule has 0 unspecified atom stereocenters. The van der Waals surface area contributed by atoms with Gasteiger partial charge in [0.2, 0.25) is 0 Å². The number of hydrogen-bond donors (Lipinski definition) is 1. The Morgan fingerprint density at radius 3 is 2.43 bits per heavy atom. The van der Waals surface area contributed by atoms with Crippen LogP contribution in [0, 0.1) is 0 Å². The minimum atomic E-state index is 0.201. The summed E-state index contributed by atoms with van der Waals surface area (Å²) in [5.41, 5.74) is 1.95. The third-order valence-electron chi connectivity index (χ3n) is 3.21. The zero-order valence-corrected chi connectivity index (χ0v) is 12.0. The third-order valence-corrected chi connectivity index (χ3v) is 3.45. The molecule has 0 fully saturated rings. The minimum absolute atomic E-state index is 0.201. The van der Waals surface area contributed by atoms with E-state index in [0.29, 0.717) is 12.2 Å². The van der Waals surface area contributed by atoms with Crippen LogP contribution in [0.4, 0.5) is 0 Å². The van der Waals surface area contributed by atoms with Crippen molar-refractivity contribution in [3.8, 4) is 11.4 Å². The molecule has 0 aliphatic heterocycles. The molecule has 0 aliphatic carbocycles. The van der Waals surface area contributed by atoms with Crippen molar-refractivity contribution >= 4 is 11.6 Å². The van der Waals surface area contributed by atoms with Crippen LogP contribution in [-0.2, 0) is 12.3 Å². The highest BCUT2D eigenvalue weighted by molar-refractivity contribution is 6.16. The van der Waals surface area contributed by atoms with Crippen molar-refractivity contribution in [2.45, 2.75) is 12.3 Å². The molecule has 0 amide bonds. The van der Waals surface area contributed by atoms with Crippen LogP contribution in [0.5, 0.6) is 5.75 Å². The van der Waals surface area contributed by atoms with Crippen LogP contribution in [0.25, 0.3) is 5.69 Å². The lowest BCUT2D eigenvalue weighted by molar-refractivity contribution is 0.475. The molecule has 0 bridgehead atoms. The first kappa shape index (κ1) is 13.6. The maximum Gasteiger partial charge on any atom is 0.152 e. The highest BCUT2D eigenvalue weighted by Crippen LogP contribution is 2.20. The fraction of sp³-hybridized carbons (Fsp3) is 0.125. The van der Waals surface area contributed by atoms with Crippen molar-refractivity contribution < 1.29 is 5.11 Å². The SMILES string of the molecule is Oc1cccc(-n2c(CCl)nnc2Cc2ccccc2)c1. The molecule has 2 aromatic carbocycles. The lowest BCUT2D eigenvalue weighted by Gasteiger charge is -2.09. The van der Waals surface area contributed by atoms with Crippen molar-refractivity contribution in [2.75, 3.05) is 0 Å². The molecule has 1 aromatic heterocycles. The summed E-state index contributed by atoms with van der Waals surface area (Å²) in [6, 6.07) is 17.0. The van der Waals surface area contributed by atoms with E-state index in [9.17, 15) is 5.11 Å². The number of phenolic OH excluding ortho intramolecular Hbond substituents is 1. The van der Waals surface area contributed by atoms with E-state index in [1.54, 1.807) is 18.2 Å². The summed E-state index contributed by atoms with van der Waals surface area (Å²) in [5, 5.41) is 18.0. The fourth-order valence-electron chi connectivity index (χ4n) is 2.26. The van der Waals surface area contributed by atoms with Gasteiger partial charge in [-0.25, -0.2) is 0 Å². The van der Waals surface area contributed by atoms with E-state index >= 15 is 0 Å². The zero-order chi connectivity index (χ0) is 14.7. The Morgan fingerprint density at radius 1 is 0.952 bits per heavy atom. The number of halogens is 1. The molecule has 0 spiro atoms. The molecular formula is C16H14ClN3O. The largest absolute Gasteiger partial charge is 0.508 e. The van der Waals surface area contributed by atoms with Crippen LogP contribution in [0.15, 0.2) is 54.6 Å². The lowest BCUT2D eigenvalue weighted by Crippen LogP contribution is -2.05. The van der Waals surface area contributed by atoms with Gasteiger partial charge in [-0.1, -0.05) is 36.4 Å². The van der Waals surface area contributed by atoms with Gasteiger partial charge in [-0.2, -0.15) is 0 Å². The first-order valence-corrected chi connectivity index (χ1v) is 7.14. The number of aromatic nitrogens is 3. The van der Waals surface area contributed by atoms with Crippen molar-refractivity contribution in [3.63, 3.8) is 0 Å². The number of benzene rings is 2. The monoisotopic (exact) mass is 299 g/mol. The summed E-state index contributed by atoms with van der Waals surface area (Å²) in [6.07, 6.45) is 0.653. The van der Waals surface area contributed by atoms with Crippen LogP contribution < -0.4 is 0 Å². The Bertz CT molecular complexity index is 740. The Labute approximate surface area is 127 Å². The average Bonchev–Trinajstić information content (AvgIpc) is 2.91. The smallest absolute Gasteiger partial charge is 0.152 e. The van der Waals surface area contributed by atoms with Gasteiger partial charge in [0.25, 0.3) is 0 Å². The summed E-state index contributed by atoms with van der Waals surface area (Å²) in [4.78, 5) is 0. The summed E-state index contributed by atoms with van der Waals surface area (Å²) >= 11 is 5.95. The predicted molar refractivity (Wildman–Crippen MR) is 81.8 cm³/mol. The van der Waals surface area contributed by atoms with E-state index in [1.165, 1.54) is 0 Å². The number of hydrogen-bond acceptors (Lipinski definition) is 3. The molecule has 106 valence electrons. The van der Waals surface area contributed by atoms with Gasteiger partial charge in [-0.15, -0.1) is 21.8 Å². The molecule has 3 aromatic rings. The van der Waals surface area contributed by atoms with Gasteiger partial charge in [0.05, 0.1) is 11.6 Å². The van der Waals surface area contributed by atoms with E-state index < -0.39 is 0 Å². The van der Waals surface area contributed by atoms with Crippen LogP contribution in [0.2, 0.25) is 0 Å². The normalized spacial score (nSPS) is 10.7. The molecule has 21 heavy (non-hydrogen) atoms. The van der Waals surface area contributed by atoms with E-state index in [-0.39, 0.29) is 11.6 Å². The second-order valence-electron chi connectivity index (χ2n) is 4.68. The van der Waals surface area contributed by atoms with Gasteiger partial charge in [0, 0.05) is 12.5 Å². The standard InChI is InChI=1S/C16H14ClN3O/c17-11-16-19-18-15(9-12-5-2-1-3-6-12)20(16)13-7-4-8-14(21)10-13/h1-8,10,21H,9,11H2. The molecule has 5 heteroatoms. The Morgan fingerprint density at radius 2 is 1.71 bits per heavy atom. The Kier molecular flexibility index (Phi) is 3.88. The van der Waals surface area contributed by atoms with Crippen LogP contribution in [-0.4, -0.2) is 19.9 Å². The predicted octanol–water partition coefficient (Wildman–Crippen LogP) is 3.30. The number of aromatic hydroxyl groups is 1. The molecular weight excluding hydrogens is 286 g/mol. The summed E-state index contributed by atoms with van der Waals surface area (Å²) in [5.74, 6) is 1.92. The third kappa shape index (κ3) is 2.90. The van der Waals surface area contributed by atoms with Crippen LogP contribution >= 0.6 is 11.6 Å². The second kappa shape index (κ2) is 5.97. The highest BCUT2D eigenvalue weighted by Gasteiger charge is 2.13. The highest BCUT2D eigenvalue weighted by atomic mass is 35.5. The topological polar surface area (TPSA) is 50.9 Å². The maximum atomic E-state index is 9.67. The van der Waals surface area contributed by atoms with Gasteiger partial charge >= 0.3 is 0 Å². The van der Waals surface area contributed by atoms with Crippen molar-refractivity contribution in [3.05, 3.63) is 71.8 Å². The number of phenols is 1. The van der Waals surface area contributed by atoms with Crippen molar-refractivity contribution in [1.29, 1.82) is 0 Å². The summed E-state index contributed by atoms with van der Waals surface area (Å²) in [7, 11) is 0. The number of alkyl halides is 1. The fourth-order valence-corrected chi connectivity index (χ4v) is 2.44. The first-order valence-electron chi connectivity index (χ1n) is 6.60. The second-order valence-corrected chi connectivity index (χ2v) is 4.95. The minimum Gasteiger partial charge on any atom is -0.508 e. The van der Waals surface area contributed by atoms with Crippen molar-refractivity contribution in [1.82, 2.24) is 14.8 Å². The molecule has 1 N–H and O–H groups in total. The number of rotatable bonds is 4. The summed E-state index contributed by atoms with van der Waals surface area (Å²) < 4.78 is 1.89. The van der Waals surface area contributed by atoms with Crippen LogP contribution in [0.1, 0.15) is 17.2 Å². The maximum absolute atomic E-state index is 9.67. The van der Waals surface area contributed by atoms with Gasteiger partial charge < -0.3 is 5.11 Å². The lowest BCUT2D eigenvalue weighted by atomic mass is 10.1. The Balaban J connectivity index is 2.04. The number of nitrogens with zero attached hydrogens (tertiary/aromatic N) is 3. The molecule has 0 radical (unpaired) electrons. The molecule has 4 nitrogen and oxygen atoms in total. The van der Waals surface area contributed by atoms with Gasteiger partial charge in [-0.3, -0.25) is 4.57 Å². The molecule has 3 rings (SSSR count). The van der Waals surface area contributed by atoms with Gasteiger partial charge in [0.15, 0.2) is 5.82 Å². The molecule has 0 saturated heterocycles. The zero-order valence-electron chi connectivity index (χ0n) is 11.3. The summed E-state index contributed by atoms with van der Waals surface area (Å²) in [6.45, 7) is 0. The van der Waals surface area contributed by atoms with Crippen molar-refractivity contribution in [2.24, 2.45) is 0 Å². The van der Waals surface area contributed by atoms with Gasteiger partial charge in [0.1, 0.15) is 11.6 Å². The van der Waals surface area contributed by atoms with E-state index in [2.05, 4.69) is 10.2 Å². The Hall–Kier alpha value is -2.33. The molecule has 1 heterocycles. The quantitative estimate of drug-likeness (QED) is 0.752. The van der Waals surface area contributed by atoms with E-state index in [0.717, 1.165) is 17.1 Å². The molecule has 0 saturated carbocycles. The van der Waals surface area contributed by atoms with E-state index in [1.807, 2.05) is 41.0 Å². The first-order chi connectivity index (χ1) is 10.3. The molecule has 0 aliphatic rings.